The molecule has 19 heavy (non-hydrogen) atoms. The number of carbonyl (C=O) groups is 2. The fraction of sp³-hybridized carbons (Fsp3) is 0.467. The zero-order valence-corrected chi connectivity index (χ0v) is 10.4. The van der Waals surface area contributed by atoms with Crippen LogP contribution in [0.25, 0.3) is 0 Å². The predicted molar refractivity (Wildman–Crippen MR) is 74.4 cm³/mol. The molecule has 0 spiro atoms. The number of carbonyl (C=O) groups excluding carboxylic acids is 2. The van der Waals surface area contributed by atoms with E-state index in [1.165, 1.54) is 7.11 Å². The molecule has 104 valence electrons. The Kier molecular flexibility index (Phi) is 5.70. The van der Waals surface area contributed by atoms with Gasteiger partial charge in [-0.05, 0) is 38.1 Å². The second-order valence-corrected chi connectivity index (χ2v) is 4.46. The molecule has 4 heteroatoms. The topological polar surface area (TPSA) is 55.4 Å². The van der Waals surface area contributed by atoms with Gasteiger partial charge in [0.1, 0.15) is 0 Å². The lowest BCUT2D eigenvalue weighted by Crippen LogP contribution is -2.31. The largest absolute Gasteiger partial charge is 0.465 e. The Labute approximate surface area is 114 Å². The molecular formula is C15H21NO3. The van der Waals surface area contributed by atoms with Gasteiger partial charge in [-0.3, -0.25) is 4.79 Å². The molecule has 1 aromatic carbocycles. The maximum Gasteiger partial charge on any atom is 0.337 e. The maximum absolute atomic E-state index is 12.3. The van der Waals surface area contributed by atoms with Gasteiger partial charge in [-0.25, -0.2) is 4.79 Å². The Morgan fingerprint density at radius 3 is 2.47 bits per heavy atom. The number of rotatable bonds is 3. The Balaban J connectivity index is 0.00000180. The van der Waals surface area contributed by atoms with E-state index in [0.29, 0.717) is 11.1 Å². The summed E-state index contributed by atoms with van der Waals surface area (Å²) in [6, 6.07) is 6.76. The minimum absolute atomic E-state index is 0. The number of hydrogen-bond donors (Lipinski definition) is 1. The van der Waals surface area contributed by atoms with Crippen LogP contribution in [0, 0.1) is 5.92 Å². The Morgan fingerprint density at radius 1 is 1.21 bits per heavy atom. The first-order valence-electron chi connectivity index (χ1n) is 6.15. The van der Waals surface area contributed by atoms with Crippen LogP contribution in [-0.4, -0.2) is 32.0 Å². The molecule has 1 aliphatic rings. The number of ketones is 1. The summed E-state index contributed by atoms with van der Waals surface area (Å²) in [6.07, 6.45) is 1.72. The van der Waals surface area contributed by atoms with Gasteiger partial charge in [0.2, 0.25) is 0 Å². The van der Waals surface area contributed by atoms with Crippen LogP contribution < -0.4 is 5.32 Å². The van der Waals surface area contributed by atoms with Crippen molar-refractivity contribution < 1.29 is 14.3 Å². The van der Waals surface area contributed by atoms with Gasteiger partial charge in [0.05, 0.1) is 12.7 Å². The third kappa shape index (κ3) is 3.64. The molecule has 4 nitrogen and oxygen atoms in total. The fourth-order valence-corrected chi connectivity index (χ4v) is 2.24. The van der Waals surface area contributed by atoms with Crippen LogP contribution in [0.2, 0.25) is 0 Å². The standard InChI is InChI=1S/C14H17NO3.CH4/c1-18-14(17)12-4-2-3-11(9-12)13(16)10-5-7-15-8-6-10;/h2-4,9-10,15H,5-8H2,1H3;1H4. The van der Waals surface area contributed by atoms with Crippen molar-refractivity contribution in [3.8, 4) is 0 Å². The molecule has 1 N–H and O–H groups in total. The van der Waals surface area contributed by atoms with E-state index < -0.39 is 5.97 Å². The molecule has 0 bridgehead atoms. The lowest BCUT2D eigenvalue weighted by atomic mass is 9.89. The molecule has 1 saturated heterocycles. The van der Waals surface area contributed by atoms with Gasteiger partial charge >= 0.3 is 5.97 Å². The highest BCUT2D eigenvalue weighted by Gasteiger charge is 2.22. The molecule has 2 rings (SSSR count). The van der Waals surface area contributed by atoms with Crippen molar-refractivity contribution in [3.05, 3.63) is 35.4 Å². The number of methoxy groups -OCH3 is 1. The van der Waals surface area contributed by atoms with Crippen molar-refractivity contribution in [2.24, 2.45) is 5.92 Å². The highest BCUT2D eigenvalue weighted by molar-refractivity contribution is 6.00. The number of hydrogen-bond acceptors (Lipinski definition) is 4. The van der Waals surface area contributed by atoms with Crippen molar-refractivity contribution in [3.63, 3.8) is 0 Å². The van der Waals surface area contributed by atoms with E-state index in [1.54, 1.807) is 24.3 Å². The summed E-state index contributed by atoms with van der Waals surface area (Å²) in [5, 5.41) is 3.23. The van der Waals surface area contributed by atoms with Crippen LogP contribution in [0.4, 0.5) is 0 Å². The molecule has 0 saturated carbocycles. The monoisotopic (exact) mass is 263 g/mol. The van der Waals surface area contributed by atoms with Gasteiger partial charge in [0.25, 0.3) is 0 Å². The SMILES string of the molecule is C.COC(=O)c1cccc(C(=O)C2CCNCC2)c1. The lowest BCUT2D eigenvalue weighted by Gasteiger charge is -2.21. The first-order valence-corrected chi connectivity index (χ1v) is 6.15. The van der Waals surface area contributed by atoms with Crippen molar-refractivity contribution in [2.45, 2.75) is 20.3 Å². The molecule has 0 aliphatic carbocycles. The number of Topliss-reactive ketones (excluding diaryl/α,β-unsaturated/α-hetero) is 1. The van der Waals surface area contributed by atoms with E-state index >= 15 is 0 Å². The van der Waals surface area contributed by atoms with Gasteiger partial charge in [0.15, 0.2) is 5.78 Å². The van der Waals surface area contributed by atoms with Crippen molar-refractivity contribution in [2.75, 3.05) is 20.2 Å². The van der Waals surface area contributed by atoms with Crippen molar-refractivity contribution in [1.29, 1.82) is 0 Å². The minimum atomic E-state index is -0.407. The average Bonchev–Trinajstić information content (AvgIpc) is 2.46. The molecule has 0 atom stereocenters. The van der Waals surface area contributed by atoms with Crippen LogP contribution in [0.1, 0.15) is 41.0 Å². The van der Waals surface area contributed by atoms with Gasteiger partial charge in [-0.1, -0.05) is 19.6 Å². The van der Waals surface area contributed by atoms with Gasteiger partial charge < -0.3 is 10.1 Å². The fourth-order valence-electron chi connectivity index (χ4n) is 2.24. The third-order valence-electron chi connectivity index (χ3n) is 3.28. The summed E-state index contributed by atoms with van der Waals surface area (Å²) in [5.41, 5.74) is 1.03. The Bertz CT molecular complexity index is 450. The van der Waals surface area contributed by atoms with Crippen molar-refractivity contribution in [1.82, 2.24) is 5.32 Å². The Morgan fingerprint density at radius 2 is 1.84 bits per heavy atom. The van der Waals surface area contributed by atoms with E-state index in [2.05, 4.69) is 10.1 Å². The summed E-state index contributed by atoms with van der Waals surface area (Å²) in [6.45, 7) is 1.76. The summed E-state index contributed by atoms with van der Waals surface area (Å²) < 4.78 is 4.66. The van der Waals surface area contributed by atoms with Crippen LogP contribution in [-0.2, 0) is 4.74 Å². The molecule has 1 fully saturated rings. The van der Waals surface area contributed by atoms with Crippen LogP contribution in [0.3, 0.4) is 0 Å². The van der Waals surface area contributed by atoms with Gasteiger partial charge in [-0.2, -0.15) is 0 Å². The van der Waals surface area contributed by atoms with Crippen LogP contribution in [0.15, 0.2) is 24.3 Å². The van der Waals surface area contributed by atoms with E-state index in [1.807, 2.05) is 0 Å². The second-order valence-electron chi connectivity index (χ2n) is 4.46. The summed E-state index contributed by atoms with van der Waals surface area (Å²) in [5.74, 6) is -0.212. The number of nitrogens with one attached hydrogen (secondary N) is 1. The summed E-state index contributed by atoms with van der Waals surface area (Å²) in [4.78, 5) is 23.7. The number of piperidine rings is 1. The van der Waals surface area contributed by atoms with Crippen LogP contribution in [0.5, 0.6) is 0 Å². The minimum Gasteiger partial charge on any atom is -0.465 e. The molecule has 1 aliphatic heterocycles. The zero-order valence-electron chi connectivity index (χ0n) is 10.4. The van der Waals surface area contributed by atoms with E-state index in [9.17, 15) is 9.59 Å². The molecule has 1 aromatic rings. The quantitative estimate of drug-likeness (QED) is 0.671. The zero-order chi connectivity index (χ0) is 13.0. The second kappa shape index (κ2) is 7.04. The van der Waals surface area contributed by atoms with Gasteiger partial charge in [-0.15, -0.1) is 0 Å². The Hall–Kier alpha value is -1.68. The number of esters is 1. The predicted octanol–water partition coefficient (Wildman–Crippen LogP) is 2.29. The molecule has 1 heterocycles. The highest BCUT2D eigenvalue weighted by atomic mass is 16.5. The van der Waals surface area contributed by atoms with Gasteiger partial charge in [0, 0.05) is 11.5 Å². The normalized spacial score (nSPS) is 15.4. The summed E-state index contributed by atoms with van der Waals surface area (Å²) in [7, 11) is 1.34. The first kappa shape index (κ1) is 15.4. The van der Waals surface area contributed by atoms with E-state index in [0.717, 1.165) is 25.9 Å². The van der Waals surface area contributed by atoms with Crippen molar-refractivity contribution >= 4 is 11.8 Å². The highest BCUT2D eigenvalue weighted by Crippen LogP contribution is 2.19. The third-order valence-corrected chi connectivity index (χ3v) is 3.28. The lowest BCUT2D eigenvalue weighted by molar-refractivity contribution is 0.0600. The molecule has 0 radical (unpaired) electrons. The molecular weight excluding hydrogens is 242 g/mol. The van der Waals surface area contributed by atoms with E-state index in [4.69, 9.17) is 0 Å². The summed E-state index contributed by atoms with van der Waals surface area (Å²) >= 11 is 0. The maximum atomic E-state index is 12.3. The smallest absolute Gasteiger partial charge is 0.337 e. The molecule has 0 unspecified atom stereocenters. The molecule has 0 amide bonds. The van der Waals surface area contributed by atoms with E-state index in [-0.39, 0.29) is 19.1 Å². The van der Waals surface area contributed by atoms with Crippen LogP contribution >= 0.6 is 0 Å². The molecule has 0 aromatic heterocycles. The number of benzene rings is 1. The average molecular weight is 263 g/mol. The first-order chi connectivity index (χ1) is 8.72. The number of ether oxygens (including phenoxy) is 1.